The van der Waals surface area contributed by atoms with Gasteiger partial charge in [-0.1, -0.05) is 6.92 Å². The SMILES string of the molecule is CCNCCNC(=O)c1ccc(OC)cc1I. The first-order valence-corrected chi connectivity index (χ1v) is 6.59. The molecular formula is C12H17IN2O2. The van der Waals surface area contributed by atoms with Crippen LogP contribution in [0.2, 0.25) is 0 Å². The maximum absolute atomic E-state index is 11.8. The van der Waals surface area contributed by atoms with Gasteiger partial charge in [-0.2, -0.15) is 0 Å². The van der Waals surface area contributed by atoms with Crippen molar-refractivity contribution in [1.29, 1.82) is 0 Å². The highest BCUT2D eigenvalue weighted by Gasteiger charge is 2.09. The highest BCUT2D eigenvalue weighted by Crippen LogP contribution is 2.19. The van der Waals surface area contributed by atoms with Crippen molar-refractivity contribution in [3.63, 3.8) is 0 Å². The Morgan fingerprint density at radius 1 is 1.41 bits per heavy atom. The van der Waals surface area contributed by atoms with E-state index in [9.17, 15) is 4.79 Å². The zero-order valence-electron chi connectivity index (χ0n) is 10.0. The zero-order valence-corrected chi connectivity index (χ0v) is 12.2. The van der Waals surface area contributed by atoms with Crippen molar-refractivity contribution in [1.82, 2.24) is 10.6 Å². The van der Waals surface area contributed by atoms with Crippen LogP contribution in [0.3, 0.4) is 0 Å². The van der Waals surface area contributed by atoms with Gasteiger partial charge < -0.3 is 15.4 Å². The Hall–Kier alpha value is -0.820. The second-order valence-electron chi connectivity index (χ2n) is 3.46. The number of carbonyl (C=O) groups excluding carboxylic acids is 1. The van der Waals surface area contributed by atoms with E-state index >= 15 is 0 Å². The van der Waals surface area contributed by atoms with Crippen LogP contribution in [0.4, 0.5) is 0 Å². The van der Waals surface area contributed by atoms with Crippen LogP contribution in [-0.4, -0.2) is 32.7 Å². The number of ether oxygens (including phenoxy) is 1. The maximum atomic E-state index is 11.8. The van der Waals surface area contributed by atoms with Crippen LogP contribution in [0.15, 0.2) is 18.2 Å². The van der Waals surface area contributed by atoms with Crippen LogP contribution in [0, 0.1) is 3.57 Å². The van der Waals surface area contributed by atoms with Gasteiger partial charge in [0.25, 0.3) is 5.91 Å². The van der Waals surface area contributed by atoms with E-state index in [4.69, 9.17) is 4.74 Å². The molecule has 0 bridgehead atoms. The highest BCUT2D eigenvalue weighted by atomic mass is 127. The molecule has 2 N–H and O–H groups in total. The summed E-state index contributed by atoms with van der Waals surface area (Å²) < 4.78 is 5.99. The van der Waals surface area contributed by atoms with Crippen molar-refractivity contribution in [2.75, 3.05) is 26.7 Å². The minimum atomic E-state index is -0.0463. The number of likely N-dealkylation sites (N-methyl/N-ethyl adjacent to an activating group) is 1. The number of rotatable bonds is 6. The normalized spacial score (nSPS) is 10.1. The van der Waals surface area contributed by atoms with Gasteiger partial charge in [0.2, 0.25) is 0 Å². The molecule has 1 rings (SSSR count). The van der Waals surface area contributed by atoms with Crippen molar-refractivity contribution in [2.45, 2.75) is 6.92 Å². The molecule has 0 heterocycles. The minimum Gasteiger partial charge on any atom is -0.497 e. The fraction of sp³-hybridized carbons (Fsp3) is 0.417. The number of hydrogen-bond acceptors (Lipinski definition) is 3. The van der Waals surface area contributed by atoms with E-state index in [0.29, 0.717) is 12.1 Å². The van der Waals surface area contributed by atoms with E-state index < -0.39 is 0 Å². The average Bonchev–Trinajstić information content (AvgIpc) is 2.34. The molecule has 17 heavy (non-hydrogen) atoms. The van der Waals surface area contributed by atoms with Gasteiger partial charge in [-0.15, -0.1) is 0 Å². The van der Waals surface area contributed by atoms with Gasteiger partial charge in [0.1, 0.15) is 5.75 Å². The molecule has 0 spiro atoms. The van der Waals surface area contributed by atoms with Crippen LogP contribution in [0.5, 0.6) is 5.75 Å². The van der Waals surface area contributed by atoms with E-state index in [2.05, 4.69) is 33.2 Å². The van der Waals surface area contributed by atoms with E-state index in [-0.39, 0.29) is 5.91 Å². The first-order chi connectivity index (χ1) is 8.19. The summed E-state index contributed by atoms with van der Waals surface area (Å²) in [6, 6.07) is 5.42. The van der Waals surface area contributed by atoms with Gasteiger partial charge >= 0.3 is 0 Å². The molecule has 0 aromatic heterocycles. The molecule has 0 unspecified atom stereocenters. The number of halogens is 1. The fourth-order valence-corrected chi connectivity index (χ4v) is 2.08. The molecule has 0 atom stereocenters. The summed E-state index contributed by atoms with van der Waals surface area (Å²) in [7, 11) is 1.61. The average molecular weight is 348 g/mol. The molecule has 0 radical (unpaired) electrons. The molecule has 4 nitrogen and oxygen atoms in total. The lowest BCUT2D eigenvalue weighted by molar-refractivity contribution is 0.0953. The van der Waals surface area contributed by atoms with Gasteiger partial charge in [-0.3, -0.25) is 4.79 Å². The van der Waals surface area contributed by atoms with E-state index in [1.54, 1.807) is 19.2 Å². The standard InChI is InChI=1S/C12H17IN2O2/c1-3-14-6-7-15-12(16)10-5-4-9(17-2)8-11(10)13/h4-5,8,14H,3,6-7H2,1-2H3,(H,15,16). The topological polar surface area (TPSA) is 50.4 Å². The van der Waals surface area contributed by atoms with Crippen LogP contribution in [0.25, 0.3) is 0 Å². The molecule has 1 aromatic rings. The summed E-state index contributed by atoms with van der Waals surface area (Å²) in [5.74, 6) is 0.716. The van der Waals surface area contributed by atoms with E-state index in [0.717, 1.165) is 22.4 Å². The number of amides is 1. The number of carbonyl (C=O) groups is 1. The third-order valence-corrected chi connectivity index (χ3v) is 3.15. The number of methoxy groups -OCH3 is 1. The summed E-state index contributed by atoms with van der Waals surface area (Å²) in [6.45, 7) is 4.37. The quantitative estimate of drug-likeness (QED) is 0.607. The molecule has 0 aliphatic heterocycles. The monoisotopic (exact) mass is 348 g/mol. The summed E-state index contributed by atoms with van der Waals surface area (Å²) >= 11 is 2.14. The number of nitrogens with one attached hydrogen (secondary N) is 2. The molecule has 0 fully saturated rings. The lowest BCUT2D eigenvalue weighted by atomic mass is 10.2. The van der Waals surface area contributed by atoms with Crippen molar-refractivity contribution < 1.29 is 9.53 Å². The molecule has 1 aromatic carbocycles. The van der Waals surface area contributed by atoms with E-state index in [1.807, 2.05) is 13.0 Å². The van der Waals surface area contributed by atoms with Crippen molar-refractivity contribution in [3.05, 3.63) is 27.3 Å². The Morgan fingerprint density at radius 3 is 2.76 bits per heavy atom. The first kappa shape index (κ1) is 14.2. The predicted octanol–water partition coefficient (Wildman–Crippen LogP) is 1.64. The van der Waals surface area contributed by atoms with Crippen molar-refractivity contribution >= 4 is 28.5 Å². The van der Waals surface area contributed by atoms with Crippen LogP contribution >= 0.6 is 22.6 Å². The Labute approximate surface area is 115 Å². The van der Waals surface area contributed by atoms with Crippen LogP contribution in [-0.2, 0) is 0 Å². The van der Waals surface area contributed by atoms with Crippen molar-refractivity contribution in [3.8, 4) is 5.75 Å². The van der Waals surface area contributed by atoms with E-state index in [1.165, 1.54) is 0 Å². The Balaban J connectivity index is 2.57. The predicted molar refractivity (Wildman–Crippen MR) is 76.6 cm³/mol. The zero-order chi connectivity index (χ0) is 12.7. The highest BCUT2D eigenvalue weighted by molar-refractivity contribution is 14.1. The summed E-state index contributed by atoms with van der Waals surface area (Å²) in [4.78, 5) is 11.8. The summed E-state index contributed by atoms with van der Waals surface area (Å²) in [5.41, 5.74) is 0.683. The fourth-order valence-electron chi connectivity index (χ4n) is 1.34. The molecule has 5 heteroatoms. The Morgan fingerprint density at radius 2 is 2.18 bits per heavy atom. The molecule has 1 amide bonds. The Kier molecular flexibility index (Phi) is 6.28. The second kappa shape index (κ2) is 7.50. The smallest absolute Gasteiger partial charge is 0.252 e. The van der Waals surface area contributed by atoms with Crippen molar-refractivity contribution in [2.24, 2.45) is 0 Å². The number of hydrogen-bond donors (Lipinski definition) is 2. The third-order valence-electron chi connectivity index (χ3n) is 2.26. The lowest BCUT2D eigenvalue weighted by Crippen LogP contribution is -2.32. The summed E-state index contributed by atoms with van der Waals surface area (Å²) in [5, 5.41) is 6.02. The lowest BCUT2D eigenvalue weighted by Gasteiger charge is -2.08. The summed E-state index contributed by atoms with van der Waals surface area (Å²) in [6.07, 6.45) is 0. The van der Waals surface area contributed by atoms with Crippen LogP contribution < -0.4 is 15.4 Å². The molecular weight excluding hydrogens is 331 g/mol. The van der Waals surface area contributed by atoms with Gasteiger partial charge in [0, 0.05) is 16.7 Å². The maximum Gasteiger partial charge on any atom is 0.252 e. The number of benzene rings is 1. The van der Waals surface area contributed by atoms with Gasteiger partial charge in [-0.25, -0.2) is 0 Å². The largest absolute Gasteiger partial charge is 0.497 e. The Bertz CT molecular complexity index is 383. The molecule has 0 saturated carbocycles. The van der Waals surface area contributed by atoms with Gasteiger partial charge in [0.15, 0.2) is 0 Å². The van der Waals surface area contributed by atoms with Crippen LogP contribution in [0.1, 0.15) is 17.3 Å². The molecule has 0 aliphatic carbocycles. The molecule has 94 valence electrons. The third kappa shape index (κ3) is 4.51. The van der Waals surface area contributed by atoms with Gasteiger partial charge in [0.05, 0.1) is 12.7 Å². The minimum absolute atomic E-state index is 0.0463. The molecule has 0 saturated heterocycles. The first-order valence-electron chi connectivity index (χ1n) is 5.51. The van der Waals surface area contributed by atoms with Gasteiger partial charge in [-0.05, 0) is 47.3 Å². The molecule has 0 aliphatic rings. The second-order valence-corrected chi connectivity index (χ2v) is 4.62.